The van der Waals surface area contributed by atoms with E-state index in [9.17, 15) is 9.18 Å². The summed E-state index contributed by atoms with van der Waals surface area (Å²) in [7, 11) is 0. The average molecular weight is 269 g/mol. The Morgan fingerprint density at radius 3 is 2.79 bits per heavy atom. The van der Waals surface area contributed by atoms with Crippen molar-refractivity contribution >= 4 is 11.6 Å². The van der Waals surface area contributed by atoms with Crippen LogP contribution in [0.4, 0.5) is 4.39 Å². The summed E-state index contributed by atoms with van der Waals surface area (Å²) in [5.41, 5.74) is 3.53. The van der Waals surface area contributed by atoms with Crippen LogP contribution < -0.4 is 10.7 Å². The van der Waals surface area contributed by atoms with Crippen molar-refractivity contribution in [2.24, 2.45) is 11.0 Å². The number of amides is 1. The molecular weight excluding hydrogens is 245 g/mol. The molecular formula is C14H24FN3O. The molecule has 2 N–H and O–H groups in total. The summed E-state index contributed by atoms with van der Waals surface area (Å²) in [5, 5.41) is 7.57. The summed E-state index contributed by atoms with van der Waals surface area (Å²) in [6.07, 6.45) is 5.17. The van der Waals surface area contributed by atoms with E-state index in [0.29, 0.717) is 12.8 Å². The van der Waals surface area contributed by atoms with Crippen LogP contribution in [-0.4, -0.2) is 30.4 Å². The molecule has 2 rings (SSSR count). The minimum atomic E-state index is -0.824. The van der Waals surface area contributed by atoms with Crippen molar-refractivity contribution in [3.8, 4) is 0 Å². The number of hydrogen-bond acceptors (Lipinski definition) is 3. The number of halogens is 1. The lowest BCUT2D eigenvalue weighted by molar-refractivity contribution is -0.126. The van der Waals surface area contributed by atoms with Gasteiger partial charge in [-0.3, -0.25) is 4.79 Å². The van der Waals surface area contributed by atoms with E-state index in [2.05, 4.69) is 15.8 Å². The molecule has 1 saturated carbocycles. The highest BCUT2D eigenvalue weighted by atomic mass is 19.1. The number of piperidine rings is 1. The number of carbonyl (C=O) groups excluding carboxylic acids is 1. The van der Waals surface area contributed by atoms with Gasteiger partial charge in [-0.25, -0.2) is 9.82 Å². The minimum Gasteiger partial charge on any atom is -0.309 e. The van der Waals surface area contributed by atoms with Gasteiger partial charge in [-0.05, 0) is 52.0 Å². The van der Waals surface area contributed by atoms with Crippen molar-refractivity contribution in [2.45, 2.75) is 64.1 Å². The molecule has 0 aromatic rings. The van der Waals surface area contributed by atoms with E-state index < -0.39 is 6.17 Å². The van der Waals surface area contributed by atoms with Crippen molar-refractivity contribution in [3.05, 3.63) is 0 Å². The molecule has 2 fully saturated rings. The molecule has 108 valence electrons. The number of carbonyl (C=O) groups is 1. The van der Waals surface area contributed by atoms with Gasteiger partial charge in [-0.15, -0.1) is 0 Å². The van der Waals surface area contributed by atoms with E-state index in [1.807, 2.05) is 6.92 Å². The van der Waals surface area contributed by atoms with Gasteiger partial charge in [0.2, 0.25) is 5.91 Å². The predicted molar refractivity (Wildman–Crippen MR) is 73.7 cm³/mol. The molecule has 3 atom stereocenters. The number of hydrogen-bond donors (Lipinski definition) is 2. The third kappa shape index (κ3) is 4.27. The summed E-state index contributed by atoms with van der Waals surface area (Å²) in [4.78, 5) is 11.9. The Morgan fingerprint density at radius 2 is 2.11 bits per heavy atom. The van der Waals surface area contributed by atoms with Gasteiger partial charge in [0.25, 0.3) is 0 Å². The summed E-state index contributed by atoms with van der Waals surface area (Å²) < 4.78 is 13.3. The van der Waals surface area contributed by atoms with Crippen LogP contribution in [0.1, 0.15) is 51.9 Å². The zero-order chi connectivity index (χ0) is 13.7. The fourth-order valence-electron chi connectivity index (χ4n) is 2.89. The lowest BCUT2D eigenvalue weighted by Gasteiger charge is -2.24. The third-order valence-electron chi connectivity index (χ3n) is 4.14. The van der Waals surface area contributed by atoms with Gasteiger partial charge < -0.3 is 5.32 Å². The quantitative estimate of drug-likeness (QED) is 0.609. The maximum atomic E-state index is 13.3. The van der Waals surface area contributed by atoms with Crippen LogP contribution in [0.5, 0.6) is 0 Å². The first-order valence-corrected chi connectivity index (χ1v) is 7.38. The zero-order valence-corrected chi connectivity index (χ0v) is 11.6. The van der Waals surface area contributed by atoms with E-state index in [4.69, 9.17) is 0 Å². The van der Waals surface area contributed by atoms with Gasteiger partial charge in [0, 0.05) is 12.0 Å². The topological polar surface area (TPSA) is 53.5 Å². The average Bonchev–Trinajstić information content (AvgIpc) is 2.45. The van der Waals surface area contributed by atoms with Gasteiger partial charge in [0.05, 0.1) is 5.71 Å². The normalized spacial score (nSPS) is 32.9. The molecule has 0 aromatic heterocycles. The Balaban J connectivity index is 1.81. The maximum Gasteiger partial charge on any atom is 0.243 e. The second kappa shape index (κ2) is 6.98. The van der Waals surface area contributed by atoms with Gasteiger partial charge in [-0.1, -0.05) is 6.42 Å². The smallest absolute Gasteiger partial charge is 0.243 e. The molecule has 2 aliphatic rings. The fraction of sp³-hybridized carbons (Fsp3) is 0.857. The molecule has 3 unspecified atom stereocenters. The Bertz CT molecular complexity index is 340. The Labute approximate surface area is 114 Å². The van der Waals surface area contributed by atoms with Crippen LogP contribution in [0.2, 0.25) is 0 Å². The van der Waals surface area contributed by atoms with Crippen LogP contribution in [0.25, 0.3) is 0 Å². The third-order valence-corrected chi connectivity index (χ3v) is 4.14. The molecule has 1 heterocycles. The van der Waals surface area contributed by atoms with Crippen LogP contribution in [-0.2, 0) is 4.79 Å². The van der Waals surface area contributed by atoms with E-state index in [-0.39, 0.29) is 17.9 Å². The monoisotopic (exact) mass is 269 g/mol. The Hall–Kier alpha value is -0.970. The zero-order valence-electron chi connectivity index (χ0n) is 11.6. The van der Waals surface area contributed by atoms with Gasteiger partial charge in [-0.2, -0.15) is 5.10 Å². The summed E-state index contributed by atoms with van der Waals surface area (Å²) in [6, 6.07) is 0.273. The van der Waals surface area contributed by atoms with Crippen molar-refractivity contribution in [1.29, 1.82) is 0 Å². The molecule has 0 radical (unpaired) electrons. The predicted octanol–water partition coefficient (Wildman–Crippen LogP) is 2.15. The number of nitrogens with zero attached hydrogens (tertiary/aromatic N) is 1. The van der Waals surface area contributed by atoms with Crippen molar-refractivity contribution < 1.29 is 9.18 Å². The van der Waals surface area contributed by atoms with Crippen LogP contribution in [0, 0.1) is 5.92 Å². The molecule has 5 heteroatoms. The van der Waals surface area contributed by atoms with Gasteiger partial charge in [0.15, 0.2) is 0 Å². The second-order valence-electron chi connectivity index (χ2n) is 5.69. The number of hydrazone groups is 1. The first-order valence-electron chi connectivity index (χ1n) is 7.38. The highest BCUT2D eigenvalue weighted by Crippen LogP contribution is 2.26. The van der Waals surface area contributed by atoms with Crippen molar-refractivity contribution in [1.82, 2.24) is 10.7 Å². The molecule has 19 heavy (non-hydrogen) atoms. The molecule has 1 aliphatic carbocycles. The lowest BCUT2D eigenvalue weighted by Crippen LogP contribution is -2.41. The molecule has 0 bridgehead atoms. The molecule has 1 amide bonds. The SMILES string of the molecule is C/C(=N\NC(=O)C1CCCC(F)C1)C1CCCCN1. The van der Waals surface area contributed by atoms with Crippen LogP contribution in [0.15, 0.2) is 5.10 Å². The highest BCUT2D eigenvalue weighted by molar-refractivity contribution is 5.89. The molecule has 4 nitrogen and oxygen atoms in total. The summed E-state index contributed by atoms with van der Waals surface area (Å²) in [6.45, 7) is 2.94. The molecule has 1 aliphatic heterocycles. The molecule has 0 spiro atoms. The van der Waals surface area contributed by atoms with Crippen molar-refractivity contribution in [3.63, 3.8) is 0 Å². The van der Waals surface area contributed by atoms with E-state index >= 15 is 0 Å². The number of alkyl halides is 1. The Morgan fingerprint density at radius 1 is 1.26 bits per heavy atom. The molecule has 1 saturated heterocycles. The first kappa shape index (κ1) is 14.4. The standard InChI is InChI=1S/C14H24FN3O/c1-10(13-7-2-3-8-16-13)17-18-14(19)11-5-4-6-12(15)9-11/h11-13,16H,2-9H2,1H3,(H,18,19)/b17-10+. The van der Waals surface area contributed by atoms with E-state index in [1.54, 1.807) is 0 Å². The van der Waals surface area contributed by atoms with Crippen molar-refractivity contribution in [2.75, 3.05) is 6.54 Å². The van der Waals surface area contributed by atoms with Crippen LogP contribution >= 0.6 is 0 Å². The fourth-order valence-corrected chi connectivity index (χ4v) is 2.89. The van der Waals surface area contributed by atoms with Crippen LogP contribution in [0.3, 0.4) is 0 Å². The first-order chi connectivity index (χ1) is 9.16. The molecule has 0 aromatic carbocycles. The second-order valence-corrected chi connectivity index (χ2v) is 5.69. The summed E-state index contributed by atoms with van der Waals surface area (Å²) >= 11 is 0. The van der Waals surface area contributed by atoms with E-state index in [0.717, 1.165) is 31.5 Å². The largest absolute Gasteiger partial charge is 0.309 e. The minimum absolute atomic E-state index is 0.127. The lowest BCUT2D eigenvalue weighted by atomic mass is 9.87. The Kier molecular flexibility index (Phi) is 5.31. The van der Waals surface area contributed by atoms with Gasteiger partial charge in [0.1, 0.15) is 6.17 Å². The number of nitrogens with one attached hydrogen (secondary N) is 2. The van der Waals surface area contributed by atoms with Gasteiger partial charge >= 0.3 is 0 Å². The maximum absolute atomic E-state index is 13.3. The van der Waals surface area contributed by atoms with E-state index in [1.165, 1.54) is 12.8 Å². The highest BCUT2D eigenvalue weighted by Gasteiger charge is 2.27. The number of rotatable bonds is 3. The summed E-state index contributed by atoms with van der Waals surface area (Å²) in [5.74, 6) is -0.336.